The minimum absolute atomic E-state index is 0.206. The van der Waals surface area contributed by atoms with E-state index in [0.717, 1.165) is 5.56 Å². The lowest BCUT2D eigenvalue weighted by Crippen LogP contribution is -2.14. The average molecular weight is 447 g/mol. The summed E-state index contributed by atoms with van der Waals surface area (Å²) in [5.74, 6) is 0.404. The molecule has 0 radical (unpaired) electrons. The number of nitrogens with zero attached hydrogens (tertiary/aromatic N) is 2. The molecule has 168 valence electrons. The highest BCUT2D eigenvalue weighted by molar-refractivity contribution is 6.05. The SMILES string of the molecule is COC(=O)COc1ccc(C(=O)Nc2ccc(Oc3ncccc3C#N)cc2C)cc1OC. The van der Waals surface area contributed by atoms with Crippen molar-refractivity contribution in [1.82, 2.24) is 4.98 Å². The van der Waals surface area contributed by atoms with Gasteiger partial charge in [-0.3, -0.25) is 4.79 Å². The highest BCUT2D eigenvalue weighted by atomic mass is 16.6. The monoisotopic (exact) mass is 447 g/mol. The zero-order valence-electron chi connectivity index (χ0n) is 18.2. The highest BCUT2D eigenvalue weighted by Crippen LogP contribution is 2.30. The van der Waals surface area contributed by atoms with Crippen LogP contribution in [0.5, 0.6) is 23.1 Å². The molecular formula is C24H21N3O6. The summed E-state index contributed by atoms with van der Waals surface area (Å²) in [6.45, 7) is 1.54. The molecule has 3 rings (SSSR count). The van der Waals surface area contributed by atoms with Crippen LogP contribution < -0.4 is 19.5 Å². The van der Waals surface area contributed by atoms with E-state index in [1.54, 1.807) is 42.5 Å². The number of aromatic nitrogens is 1. The number of esters is 1. The fourth-order valence-corrected chi connectivity index (χ4v) is 2.83. The van der Waals surface area contributed by atoms with Crippen LogP contribution in [0, 0.1) is 18.3 Å². The second-order valence-corrected chi connectivity index (χ2v) is 6.73. The first kappa shape index (κ1) is 23.1. The Morgan fingerprint density at radius 1 is 1.09 bits per heavy atom. The van der Waals surface area contributed by atoms with Crippen LogP contribution in [0.25, 0.3) is 0 Å². The minimum atomic E-state index is -0.534. The van der Waals surface area contributed by atoms with Crippen LogP contribution >= 0.6 is 0 Å². The van der Waals surface area contributed by atoms with Gasteiger partial charge < -0.3 is 24.3 Å². The lowest BCUT2D eigenvalue weighted by Gasteiger charge is -2.13. The fraction of sp³-hybridized carbons (Fsp3) is 0.167. The van der Waals surface area contributed by atoms with Crippen molar-refractivity contribution in [3.05, 3.63) is 71.4 Å². The highest BCUT2D eigenvalue weighted by Gasteiger charge is 2.14. The number of hydrogen-bond donors (Lipinski definition) is 1. The second-order valence-electron chi connectivity index (χ2n) is 6.73. The van der Waals surface area contributed by atoms with E-state index in [4.69, 9.17) is 19.5 Å². The molecule has 0 aliphatic heterocycles. The van der Waals surface area contributed by atoms with Crippen molar-refractivity contribution in [2.24, 2.45) is 0 Å². The predicted octanol–water partition coefficient (Wildman–Crippen LogP) is 3.87. The molecule has 9 heteroatoms. The molecule has 3 aromatic rings. The number of hydrogen-bond acceptors (Lipinski definition) is 8. The molecule has 2 aromatic carbocycles. The fourth-order valence-electron chi connectivity index (χ4n) is 2.83. The Labute approximate surface area is 190 Å². The van der Waals surface area contributed by atoms with Gasteiger partial charge in [-0.15, -0.1) is 0 Å². The number of pyridine rings is 1. The molecule has 0 spiro atoms. The summed E-state index contributed by atoms with van der Waals surface area (Å²) in [6, 6.07) is 15.0. The molecule has 0 fully saturated rings. The van der Waals surface area contributed by atoms with Crippen LogP contribution in [0.4, 0.5) is 5.69 Å². The Morgan fingerprint density at radius 3 is 2.61 bits per heavy atom. The molecule has 1 aromatic heterocycles. The molecule has 0 saturated carbocycles. The van der Waals surface area contributed by atoms with Crippen LogP contribution in [0.3, 0.4) is 0 Å². The third kappa shape index (κ3) is 5.77. The molecule has 33 heavy (non-hydrogen) atoms. The number of aryl methyl sites for hydroxylation is 1. The van der Waals surface area contributed by atoms with Crippen molar-refractivity contribution < 1.29 is 28.5 Å². The summed E-state index contributed by atoms with van der Waals surface area (Å²) in [6.07, 6.45) is 1.54. The summed E-state index contributed by atoms with van der Waals surface area (Å²) < 4.78 is 20.9. The van der Waals surface area contributed by atoms with Crippen molar-refractivity contribution in [2.45, 2.75) is 6.92 Å². The number of methoxy groups -OCH3 is 2. The van der Waals surface area contributed by atoms with Gasteiger partial charge in [0.1, 0.15) is 17.4 Å². The Balaban J connectivity index is 1.72. The van der Waals surface area contributed by atoms with Crippen LogP contribution in [-0.4, -0.2) is 37.7 Å². The lowest BCUT2D eigenvalue weighted by molar-refractivity contribution is -0.142. The molecular weight excluding hydrogens is 426 g/mol. The topological polar surface area (TPSA) is 120 Å². The van der Waals surface area contributed by atoms with Gasteiger partial charge in [0.25, 0.3) is 5.91 Å². The molecule has 0 unspecified atom stereocenters. The zero-order valence-corrected chi connectivity index (χ0v) is 18.2. The summed E-state index contributed by atoms with van der Waals surface area (Å²) in [5.41, 5.74) is 1.99. The number of amides is 1. The Morgan fingerprint density at radius 2 is 1.91 bits per heavy atom. The van der Waals surface area contributed by atoms with Gasteiger partial charge in [0.05, 0.1) is 14.2 Å². The largest absolute Gasteiger partial charge is 0.493 e. The first-order valence-electron chi connectivity index (χ1n) is 9.77. The molecule has 0 bridgehead atoms. The van der Waals surface area contributed by atoms with E-state index in [9.17, 15) is 9.59 Å². The van der Waals surface area contributed by atoms with Crippen LogP contribution in [0.2, 0.25) is 0 Å². The molecule has 1 amide bonds. The summed E-state index contributed by atoms with van der Waals surface area (Å²) in [7, 11) is 2.70. The van der Waals surface area contributed by atoms with E-state index in [2.05, 4.69) is 15.0 Å². The standard InChI is InChI=1S/C24H21N3O6/c1-15-11-18(33-24-17(13-25)5-4-10-26-24)7-8-19(15)27-23(29)16-6-9-20(21(12-16)30-2)32-14-22(28)31-3/h4-12H,14H2,1-3H3,(H,27,29). The molecule has 1 heterocycles. The molecule has 0 aliphatic carbocycles. The smallest absolute Gasteiger partial charge is 0.343 e. The second kappa shape index (κ2) is 10.6. The van der Waals surface area contributed by atoms with Crippen molar-refractivity contribution in [1.29, 1.82) is 5.26 Å². The third-order valence-electron chi connectivity index (χ3n) is 4.55. The molecule has 0 atom stereocenters. The maximum absolute atomic E-state index is 12.8. The first-order valence-corrected chi connectivity index (χ1v) is 9.77. The number of nitrogens with one attached hydrogen (secondary N) is 1. The van der Waals surface area contributed by atoms with Gasteiger partial charge >= 0.3 is 5.97 Å². The van der Waals surface area contributed by atoms with Crippen molar-refractivity contribution >= 4 is 17.6 Å². The summed E-state index contributed by atoms with van der Waals surface area (Å²) in [5, 5.41) is 12.0. The summed E-state index contributed by atoms with van der Waals surface area (Å²) in [4.78, 5) is 28.1. The summed E-state index contributed by atoms with van der Waals surface area (Å²) >= 11 is 0. The van der Waals surface area contributed by atoms with Gasteiger partial charge in [-0.25, -0.2) is 9.78 Å². The molecule has 0 aliphatic rings. The molecule has 1 N–H and O–H groups in total. The lowest BCUT2D eigenvalue weighted by atomic mass is 10.1. The number of carbonyl (C=O) groups is 2. The van der Waals surface area contributed by atoms with Crippen LogP contribution in [0.15, 0.2) is 54.7 Å². The normalized spacial score (nSPS) is 10.0. The van der Waals surface area contributed by atoms with Gasteiger partial charge in [0, 0.05) is 17.4 Å². The van der Waals surface area contributed by atoms with Gasteiger partial charge in [0.15, 0.2) is 18.1 Å². The Hall–Kier alpha value is -4.58. The maximum Gasteiger partial charge on any atom is 0.343 e. The van der Waals surface area contributed by atoms with Gasteiger partial charge in [-0.1, -0.05) is 0 Å². The quantitative estimate of drug-likeness (QED) is 0.517. The van der Waals surface area contributed by atoms with E-state index in [-0.39, 0.29) is 18.4 Å². The average Bonchev–Trinajstić information content (AvgIpc) is 2.84. The van der Waals surface area contributed by atoms with E-state index in [0.29, 0.717) is 34.1 Å². The number of rotatable bonds is 8. The Bertz CT molecular complexity index is 1220. The van der Waals surface area contributed by atoms with Crippen molar-refractivity contribution in [2.75, 3.05) is 26.1 Å². The van der Waals surface area contributed by atoms with E-state index in [1.165, 1.54) is 26.5 Å². The van der Waals surface area contributed by atoms with Gasteiger partial charge in [-0.05, 0) is 61.0 Å². The number of benzene rings is 2. The van der Waals surface area contributed by atoms with Crippen molar-refractivity contribution in [3.8, 4) is 29.2 Å². The van der Waals surface area contributed by atoms with E-state index < -0.39 is 5.97 Å². The first-order chi connectivity index (χ1) is 15.9. The van der Waals surface area contributed by atoms with Gasteiger partial charge in [-0.2, -0.15) is 5.26 Å². The molecule has 9 nitrogen and oxygen atoms in total. The minimum Gasteiger partial charge on any atom is -0.493 e. The Kier molecular flexibility index (Phi) is 7.44. The number of anilines is 1. The van der Waals surface area contributed by atoms with E-state index in [1.807, 2.05) is 13.0 Å². The molecule has 0 saturated heterocycles. The zero-order chi connectivity index (χ0) is 23.8. The third-order valence-corrected chi connectivity index (χ3v) is 4.55. The van der Waals surface area contributed by atoms with Gasteiger partial charge in [0.2, 0.25) is 5.88 Å². The number of carbonyl (C=O) groups excluding carboxylic acids is 2. The van der Waals surface area contributed by atoms with Crippen LogP contribution in [-0.2, 0) is 9.53 Å². The van der Waals surface area contributed by atoms with Crippen molar-refractivity contribution in [3.63, 3.8) is 0 Å². The predicted molar refractivity (Wildman–Crippen MR) is 119 cm³/mol. The number of ether oxygens (including phenoxy) is 4. The maximum atomic E-state index is 12.8. The van der Waals surface area contributed by atoms with Crippen LogP contribution in [0.1, 0.15) is 21.5 Å². The number of nitriles is 1. The van der Waals surface area contributed by atoms with E-state index >= 15 is 0 Å².